The molecule has 0 aliphatic carbocycles. The number of carbonyl (C=O) groups is 2. The van der Waals surface area contributed by atoms with Crippen LogP contribution in [0.2, 0.25) is 12.1 Å². The molecule has 0 amide bonds. The van der Waals surface area contributed by atoms with Gasteiger partial charge in [0.1, 0.15) is 0 Å². The van der Waals surface area contributed by atoms with Crippen LogP contribution in [-0.2, 0) is 14.0 Å². The molecule has 0 radical (unpaired) electrons. The lowest BCUT2D eigenvalue weighted by Crippen LogP contribution is -2.50. The van der Waals surface area contributed by atoms with Crippen molar-refractivity contribution in [1.82, 2.24) is 0 Å². The van der Waals surface area contributed by atoms with Crippen LogP contribution in [0.5, 0.6) is 0 Å². The van der Waals surface area contributed by atoms with Crippen molar-refractivity contribution in [2.75, 3.05) is 0 Å². The average Bonchev–Trinajstić information content (AvgIpc) is 2.52. The summed E-state index contributed by atoms with van der Waals surface area (Å²) in [6.07, 6.45) is 1.91. The average molecular weight is 391 g/mol. The van der Waals surface area contributed by atoms with E-state index in [1.807, 2.05) is 18.2 Å². The largest absolute Gasteiger partial charge is 0.515 e. The predicted octanol–water partition coefficient (Wildman–Crippen LogP) is 5.41. The van der Waals surface area contributed by atoms with E-state index in [-0.39, 0.29) is 5.54 Å². The van der Waals surface area contributed by atoms with Crippen molar-refractivity contribution in [3.63, 3.8) is 0 Å². The number of benzene rings is 1. The lowest BCUT2D eigenvalue weighted by molar-refractivity contribution is -0.133. The van der Waals surface area contributed by atoms with Crippen LogP contribution in [-0.4, -0.2) is 25.4 Å². The molecule has 5 heteroatoms. The van der Waals surface area contributed by atoms with E-state index in [4.69, 9.17) is 9.53 Å². The number of aliphatic carboxylic acids is 1. The van der Waals surface area contributed by atoms with Crippen molar-refractivity contribution in [3.05, 3.63) is 48.0 Å². The van der Waals surface area contributed by atoms with Gasteiger partial charge in [-0.3, -0.25) is 0 Å². The maximum atomic E-state index is 12.5. The Hall–Kier alpha value is -1.88. The molecule has 150 valence electrons. The molecule has 1 unspecified atom stereocenters. The van der Waals surface area contributed by atoms with Gasteiger partial charge in [0, 0.05) is 17.7 Å². The summed E-state index contributed by atoms with van der Waals surface area (Å²) in [6, 6.07) is 12.0. The van der Waals surface area contributed by atoms with Gasteiger partial charge >= 0.3 is 11.9 Å². The van der Waals surface area contributed by atoms with E-state index < -0.39 is 20.3 Å². The van der Waals surface area contributed by atoms with Crippen LogP contribution < -0.4 is 0 Å². The standard InChI is InChI=1S/C22H34O4Si/c1-16(2)14-27(15-17(3)4,26-21(25)13-12-20(23)24)22(18(5)6)19-10-8-7-9-11-19/h7-13,16-18,22H,14-15H2,1-6H3,(H,23,24)/b13-12-. The molecule has 27 heavy (non-hydrogen) atoms. The van der Waals surface area contributed by atoms with E-state index in [1.54, 1.807) is 0 Å². The molecule has 0 saturated heterocycles. The lowest BCUT2D eigenvalue weighted by Gasteiger charge is -2.42. The Morgan fingerprint density at radius 2 is 1.48 bits per heavy atom. The normalized spacial score (nSPS) is 13.5. The van der Waals surface area contributed by atoms with Gasteiger partial charge in [-0.2, -0.15) is 0 Å². The first-order chi connectivity index (χ1) is 12.6. The zero-order valence-electron chi connectivity index (χ0n) is 17.4. The monoisotopic (exact) mass is 390 g/mol. The summed E-state index contributed by atoms with van der Waals surface area (Å²) in [5.41, 5.74) is 1.36. The minimum absolute atomic E-state index is 0.158. The van der Waals surface area contributed by atoms with Gasteiger partial charge < -0.3 is 9.53 Å². The molecule has 0 heterocycles. The number of rotatable bonds is 10. The molecule has 0 aliphatic heterocycles. The van der Waals surface area contributed by atoms with Crippen molar-refractivity contribution in [1.29, 1.82) is 0 Å². The van der Waals surface area contributed by atoms with Crippen molar-refractivity contribution in [2.24, 2.45) is 17.8 Å². The van der Waals surface area contributed by atoms with Gasteiger partial charge in [-0.05, 0) is 35.4 Å². The Labute approximate surface area is 164 Å². The zero-order valence-corrected chi connectivity index (χ0v) is 18.4. The van der Waals surface area contributed by atoms with Gasteiger partial charge in [-0.25, -0.2) is 9.59 Å². The quantitative estimate of drug-likeness (QED) is 0.429. The van der Waals surface area contributed by atoms with Crippen LogP contribution in [0.25, 0.3) is 0 Å². The van der Waals surface area contributed by atoms with Crippen LogP contribution >= 0.6 is 0 Å². The van der Waals surface area contributed by atoms with Crippen LogP contribution in [0.1, 0.15) is 52.6 Å². The first-order valence-corrected chi connectivity index (χ1v) is 12.2. The minimum atomic E-state index is -2.58. The maximum Gasteiger partial charge on any atom is 0.328 e. The van der Waals surface area contributed by atoms with Gasteiger partial charge in [-0.15, -0.1) is 0 Å². The first kappa shape index (κ1) is 23.2. The summed E-state index contributed by atoms with van der Waals surface area (Å²) in [4.78, 5) is 23.4. The Morgan fingerprint density at radius 1 is 0.963 bits per heavy atom. The smallest absolute Gasteiger partial charge is 0.328 e. The highest BCUT2D eigenvalue weighted by atomic mass is 28.4. The topological polar surface area (TPSA) is 63.6 Å². The van der Waals surface area contributed by atoms with E-state index in [0.717, 1.165) is 24.2 Å². The van der Waals surface area contributed by atoms with E-state index >= 15 is 0 Å². The molecule has 0 fully saturated rings. The van der Waals surface area contributed by atoms with E-state index in [9.17, 15) is 9.59 Å². The zero-order chi connectivity index (χ0) is 20.6. The van der Waals surface area contributed by atoms with Crippen molar-refractivity contribution < 1.29 is 19.1 Å². The second-order valence-corrected chi connectivity index (χ2v) is 12.3. The van der Waals surface area contributed by atoms with Crippen LogP contribution in [0.15, 0.2) is 42.5 Å². The Bertz CT molecular complexity index is 625. The predicted molar refractivity (Wildman–Crippen MR) is 112 cm³/mol. The number of carboxylic acids is 1. The maximum absolute atomic E-state index is 12.5. The number of hydrogen-bond acceptors (Lipinski definition) is 3. The summed E-state index contributed by atoms with van der Waals surface area (Å²) >= 11 is 0. The van der Waals surface area contributed by atoms with Gasteiger partial charge in [0.25, 0.3) is 8.32 Å². The number of carbonyl (C=O) groups excluding carboxylic acids is 1. The molecule has 1 aromatic rings. The van der Waals surface area contributed by atoms with Crippen molar-refractivity contribution in [3.8, 4) is 0 Å². The number of carboxylic acid groups (broad SMARTS) is 1. The summed E-state index contributed by atoms with van der Waals surface area (Å²) in [5, 5.41) is 8.84. The van der Waals surface area contributed by atoms with Gasteiger partial charge in [0.15, 0.2) is 0 Å². The highest BCUT2D eigenvalue weighted by Crippen LogP contribution is 2.43. The fourth-order valence-corrected chi connectivity index (χ4v) is 10.4. The molecule has 0 spiro atoms. The Balaban J connectivity index is 3.46. The fourth-order valence-electron chi connectivity index (χ4n) is 4.20. The summed E-state index contributed by atoms with van der Waals surface area (Å²) in [7, 11) is -2.58. The molecule has 0 bridgehead atoms. The Morgan fingerprint density at radius 3 is 1.89 bits per heavy atom. The highest BCUT2D eigenvalue weighted by molar-refractivity contribution is 6.76. The van der Waals surface area contributed by atoms with E-state index in [2.05, 4.69) is 53.7 Å². The summed E-state index contributed by atoms with van der Waals surface area (Å²) in [5.74, 6) is -0.594. The third kappa shape index (κ3) is 7.33. The summed E-state index contributed by atoms with van der Waals surface area (Å²) in [6.45, 7) is 13.0. The lowest BCUT2D eigenvalue weighted by atomic mass is 10.0. The van der Waals surface area contributed by atoms with Crippen LogP contribution in [0, 0.1) is 17.8 Å². The first-order valence-electron chi connectivity index (χ1n) is 9.76. The SMILES string of the molecule is CC(C)C[Si](CC(C)C)(OC(=O)/C=C\C(=O)O)C(c1ccccc1)C(C)C. The third-order valence-electron chi connectivity index (χ3n) is 4.57. The molecule has 0 aromatic heterocycles. The second-order valence-electron chi connectivity index (χ2n) is 8.49. The van der Waals surface area contributed by atoms with Crippen molar-refractivity contribution >= 4 is 20.3 Å². The van der Waals surface area contributed by atoms with Gasteiger partial charge in [0.05, 0.1) is 0 Å². The van der Waals surface area contributed by atoms with E-state index in [1.165, 1.54) is 5.56 Å². The summed E-state index contributed by atoms with van der Waals surface area (Å²) < 4.78 is 6.24. The van der Waals surface area contributed by atoms with Crippen molar-refractivity contribution in [2.45, 2.75) is 59.2 Å². The molecule has 1 aromatic carbocycles. The molecule has 1 N–H and O–H groups in total. The molecule has 0 aliphatic rings. The molecular weight excluding hydrogens is 356 g/mol. The minimum Gasteiger partial charge on any atom is -0.515 e. The van der Waals surface area contributed by atoms with Gasteiger partial charge in [0.2, 0.25) is 0 Å². The van der Waals surface area contributed by atoms with Gasteiger partial charge in [-0.1, -0.05) is 71.9 Å². The molecule has 1 rings (SSSR count). The number of hydrogen-bond donors (Lipinski definition) is 1. The third-order valence-corrected chi connectivity index (χ3v) is 10.3. The molecule has 1 atom stereocenters. The molecule has 0 saturated carbocycles. The van der Waals surface area contributed by atoms with Crippen LogP contribution in [0.4, 0.5) is 0 Å². The fraction of sp³-hybridized carbons (Fsp3) is 0.545. The molecule has 4 nitrogen and oxygen atoms in total. The van der Waals surface area contributed by atoms with Crippen LogP contribution in [0.3, 0.4) is 0 Å². The second kappa shape index (κ2) is 10.5. The highest BCUT2D eigenvalue weighted by Gasteiger charge is 2.48. The Kier molecular flexibility index (Phi) is 8.96. The van der Waals surface area contributed by atoms with E-state index in [0.29, 0.717) is 17.8 Å². The molecular formula is C22H34O4Si.